The van der Waals surface area contributed by atoms with E-state index >= 15 is 0 Å². The van der Waals surface area contributed by atoms with Crippen LogP contribution >= 0.6 is 0 Å². The number of carbonyl (C=O) groups is 1. The van der Waals surface area contributed by atoms with Gasteiger partial charge >= 0.3 is 0 Å². The molecule has 0 atom stereocenters. The Morgan fingerprint density at radius 3 is 2.54 bits per heavy atom. The number of benzene rings is 2. The number of carbonyl (C=O) groups excluding carboxylic acids is 1. The molecule has 0 aliphatic carbocycles. The number of aryl methyl sites for hydroxylation is 1. The number of para-hydroxylation sites is 1. The molecule has 1 saturated heterocycles. The van der Waals surface area contributed by atoms with E-state index in [2.05, 4.69) is 46.4 Å². The predicted molar refractivity (Wildman–Crippen MR) is 108 cm³/mol. The van der Waals surface area contributed by atoms with E-state index in [0.29, 0.717) is 12.2 Å². The van der Waals surface area contributed by atoms with Crippen molar-refractivity contribution in [2.75, 3.05) is 26.2 Å². The fourth-order valence-electron chi connectivity index (χ4n) is 3.51. The quantitative estimate of drug-likeness (QED) is 0.704. The Morgan fingerprint density at radius 2 is 1.75 bits per heavy atom. The molecule has 1 aromatic heterocycles. The molecule has 1 amide bonds. The summed E-state index contributed by atoms with van der Waals surface area (Å²) in [7, 11) is 0. The van der Waals surface area contributed by atoms with Crippen molar-refractivity contribution in [2.45, 2.75) is 19.9 Å². The molecule has 0 bridgehead atoms. The van der Waals surface area contributed by atoms with Crippen LogP contribution in [0.2, 0.25) is 0 Å². The molecule has 0 unspecified atom stereocenters. The predicted octanol–water partition coefficient (Wildman–Crippen LogP) is 2.92. The molecule has 3 aromatic rings. The molecule has 6 heteroatoms. The monoisotopic (exact) mass is 375 g/mol. The zero-order valence-electron chi connectivity index (χ0n) is 16.2. The molecule has 1 fully saturated rings. The molecule has 1 aliphatic rings. The van der Waals surface area contributed by atoms with Gasteiger partial charge in [-0.25, -0.2) is 4.68 Å². The minimum atomic E-state index is -0.0423. The van der Waals surface area contributed by atoms with Gasteiger partial charge in [0.1, 0.15) is 0 Å². The van der Waals surface area contributed by atoms with E-state index in [1.54, 1.807) is 10.9 Å². The highest BCUT2D eigenvalue weighted by atomic mass is 16.2. The van der Waals surface area contributed by atoms with Gasteiger partial charge in [0.15, 0.2) is 5.69 Å². The Hall–Kier alpha value is -2.99. The molecule has 1 aliphatic heterocycles. The van der Waals surface area contributed by atoms with Crippen LogP contribution in [0.25, 0.3) is 5.69 Å². The van der Waals surface area contributed by atoms with Crippen LogP contribution in [-0.4, -0.2) is 56.9 Å². The van der Waals surface area contributed by atoms with Crippen LogP contribution in [0, 0.1) is 6.92 Å². The first kappa shape index (κ1) is 18.4. The highest BCUT2D eigenvalue weighted by Gasteiger charge is 2.22. The lowest BCUT2D eigenvalue weighted by molar-refractivity contribution is 0.0755. The second-order valence-corrected chi connectivity index (χ2v) is 7.29. The molecule has 6 nitrogen and oxygen atoms in total. The lowest BCUT2D eigenvalue weighted by Gasteiger charge is -2.21. The van der Waals surface area contributed by atoms with Crippen LogP contribution in [0.5, 0.6) is 0 Å². The average molecular weight is 375 g/mol. The highest BCUT2D eigenvalue weighted by molar-refractivity contribution is 5.92. The topological polar surface area (TPSA) is 54.3 Å². The molecule has 0 spiro atoms. The summed E-state index contributed by atoms with van der Waals surface area (Å²) < 4.78 is 1.65. The lowest BCUT2D eigenvalue weighted by Crippen LogP contribution is -2.35. The van der Waals surface area contributed by atoms with Crippen molar-refractivity contribution in [3.8, 4) is 5.69 Å². The van der Waals surface area contributed by atoms with Crippen molar-refractivity contribution in [1.82, 2.24) is 24.8 Å². The summed E-state index contributed by atoms with van der Waals surface area (Å²) in [5.74, 6) is -0.0423. The Labute approximate surface area is 165 Å². The summed E-state index contributed by atoms with van der Waals surface area (Å²) in [6.07, 6.45) is 2.68. The van der Waals surface area contributed by atoms with Crippen LogP contribution in [0.15, 0.2) is 60.8 Å². The number of nitrogens with zero attached hydrogens (tertiary/aromatic N) is 5. The first-order valence-electron chi connectivity index (χ1n) is 9.74. The van der Waals surface area contributed by atoms with Crippen molar-refractivity contribution in [1.29, 1.82) is 0 Å². The molecule has 2 aromatic carbocycles. The molecule has 144 valence electrons. The number of aromatic nitrogens is 3. The van der Waals surface area contributed by atoms with E-state index in [-0.39, 0.29) is 5.91 Å². The molecule has 4 rings (SSSR count). The van der Waals surface area contributed by atoms with Gasteiger partial charge in [-0.3, -0.25) is 9.69 Å². The number of hydrogen-bond acceptors (Lipinski definition) is 4. The van der Waals surface area contributed by atoms with Crippen molar-refractivity contribution in [3.05, 3.63) is 77.6 Å². The smallest absolute Gasteiger partial charge is 0.276 e. The Morgan fingerprint density at radius 1 is 0.964 bits per heavy atom. The van der Waals surface area contributed by atoms with E-state index in [1.165, 1.54) is 11.1 Å². The maximum atomic E-state index is 12.9. The van der Waals surface area contributed by atoms with E-state index in [1.807, 2.05) is 35.2 Å². The molecule has 28 heavy (non-hydrogen) atoms. The number of amides is 1. The summed E-state index contributed by atoms with van der Waals surface area (Å²) in [5.41, 5.74) is 3.89. The summed E-state index contributed by atoms with van der Waals surface area (Å²) in [6, 6.07) is 18.4. The van der Waals surface area contributed by atoms with E-state index in [4.69, 9.17) is 0 Å². The average Bonchev–Trinajstić information content (AvgIpc) is 3.11. The van der Waals surface area contributed by atoms with Crippen LogP contribution in [0.1, 0.15) is 28.0 Å². The van der Waals surface area contributed by atoms with E-state index in [0.717, 1.165) is 38.3 Å². The maximum Gasteiger partial charge on any atom is 0.276 e. The van der Waals surface area contributed by atoms with E-state index < -0.39 is 0 Å². The van der Waals surface area contributed by atoms with Gasteiger partial charge in [0.2, 0.25) is 0 Å². The Bertz CT molecular complexity index is 920. The maximum absolute atomic E-state index is 12.9. The standard InChI is InChI=1S/C22H25N5O/c1-18-8-10-19(11-9-18)16-25-12-5-13-26(15-14-25)22(28)21-17-27(24-23-21)20-6-3-2-4-7-20/h2-4,6-11,17H,5,12-16H2,1H3. The van der Waals surface area contributed by atoms with Gasteiger partial charge in [-0.2, -0.15) is 0 Å². The van der Waals surface area contributed by atoms with Crippen molar-refractivity contribution < 1.29 is 4.79 Å². The molecule has 0 radical (unpaired) electrons. The molecule has 0 saturated carbocycles. The van der Waals surface area contributed by atoms with Crippen molar-refractivity contribution in [2.24, 2.45) is 0 Å². The third-order valence-corrected chi connectivity index (χ3v) is 5.14. The normalized spacial score (nSPS) is 15.4. The first-order valence-corrected chi connectivity index (χ1v) is 9.74. The summed E-state index contributed by atoms with van der Waals surface area (Å²) in [4.78, 5) is 17.2. The third kappa shape index (κ3) is 4.28. The second kappa shape index (κ2) is 8.35. The second-order valence-electron chi connectivity index (χ2n) is 7.29. The molecular weight excluding hydrogens is 350 g/mol. The minimum Gasteiger partial charge on any atom is -0.336 e. The zero-order chi connectivity index (χ0) is 19.3. The highest BCUT2D eigenvalue weighted by Crippen LogP contribution is 2.13. The first-order chi connectivity index (χ1) is 13.7. The SMILES string of the molecule is Cc1ccc(CN2CCCN(C(=O)c3cn(-c4ccccc4)nn3)CC2)cc1. The van der Waals surface area contributed by atoms with Crippen LogP contribution < -0.4 is 0 Å². The van der Waals surface area contributed by atoms with Crippen molar-refractivity contribution in [3.63, 3.8) is 0 Å². The van der Waals surface area contributed by atoms with Crippen molar-refractivity contribution >= 4 is 5.91 Å². The van der Waals surface area contributed by atoms with Gasteiger partial charge in [0.05, 0.1) is 11.9 Å². The van der Waals surface area contributed by atoms with Crippen LogP contribution in [0.4, 0.5) is 0 Å². The lowest BCUT2D eigenvalue weighted by atomic mass is 10.1. The third-order valence-electron chi connectivity index (χ3n) is 5.14. The summed E-state index contributed by atoms with van der Waals surface area (Å²) in [5, 5.41) is 8.21. The van der Waals surface area contributed by atoms with Gasteiger partial charge in [-0.1, -0.05) is 53.2 Å². The number of hydrogen-bond donors (Lipinski definition) is 0. The number of rotatable bonds is 4. The molecule has 0 N–H and O–H groups in total. The molecule has 2 heterocycles. The zero-order valence-corrected chi connectivity index (χ0v) is 16.2. The van der Waals surface area contributed by atoms with Gasteiger partial charge in [0, 0.05) is 32.7 Å². The fourth-order valence-corrected chi connectivity index (χ4v) is 3.51. The van der Waals surface area contributed by atoms with Crippen LogP contribution in [0.3, 0.4) is 0 Å². The van der Waals surface area contributed by atoms with Gasteiger partial charge in [0.25, 0.3) is 5.91 Å². The largest absolute Gasteiger partial charge is 0.336 e. The van der Waals surface area contributed by atoms with Gasteiger partial charge < -0.3 is 4.90 Å². The van der Waals surface area contributed by atoms with Gasteiger partial charge in [-0.05, 0) is 31.0 Å². The molecular formula is C22H25N5O. The Balaban J connectivity index is 1.38. The van der Waals surface area contributed by atoms with Gasteiger partial charge in [-0.15, -0.1) is 5.10 Å². The van der Waals surface area contributed by atoms with Crippen LogP contribution in [-0.2, 0) is 6.54 Å². The summed E-state index contributed by atoms with van der Waals surface area (Å²) in [6.45, 7) is 6.35. The van der Waals surface area contributed by atoms with E-state index in [9.17, 15) is 4.79 Å². The summed E-state index contributed by atoms with van der Waals surface area (Å²) >= 11 is 0. The Kier molecular flexibility index (Phi) is 5.48. The fraction of sp³-hybridized carbons (Fsp3) is 0.318. The minimum absolute atomic E-state index is 0.0423.